The van der Waals surface area contributed by atoms with Gasteiger partial charge in [-0.2, -0.15) is 0 Å². The van der Waals surface area contributed by atoms with E-state index < -0.39 is 0 Å². The van der Waals surface area contributed by atoms with Gasteiger partial charge in [0.05, 0.1) is 11.1 Å². The summed E-state index contributed by atoms with van der Waals surface area (Å²) in [5.74, 6) is 0.402. The van der Waals surface area contributed by atoms with Gasteiger partial charge in [0.1, 0.15) is 4.83 Å². The molecule has 158 valence electrons. The fourth-order valence-electron chi connectivity index (χ4n) is 3.62. The monoisotopic (exact) mass is 434 g/mol. The Labute approximate surface area is 180 Å². The highest BCUT2D eigenvalue weighted by Crippen LogP contribution is 2.30. The fraction of sp³-hybridized carbons (Fsp3) is 0.571. The molecule has 0 saturated carbocycles. The number of likely N-dealkylation sites (N-methyl/N-ethyl adjacent to an activating group) is 1. The van der Waals surface area contributed by atoms with Crippen LogP contribution in [0.5, 0.6) is 0 Å². The average molecular weight is 435 g/mol. The second kappa shape index (κ2) is 9.45. The summed E-state index contributed by atoms with van der Waals surface area (Å²) in [6.07, 6.45) is 1.72. The van der Waals surface area contributed by atoms with Gasteiger partial charge in [-0.25, -0.2) is 4.98 Å². The van der Waals surface area contributed by atoms with E-state index in [9.17, 15) is 9.59 Å². The number of rotatable bonds is 7. The zero-order valence-electron chi connectivity index (χ0n) is 17.8. The number of fused-ring (bicyclic) bond motifs is 1. The molecule has 2 aromatic heterocycles. The molecule has 1 amide bonds. The Morgan fingerprint density at radius 1 is 1.21 bits per heavy atom. The summed E-state index contributed by atoms with van der Waals surface area (Å²) >= 11 is 2.97. The Morgan fingerprint density at radius 3 is 2.48 bits per heavy atom. The lowest BCUT2D eigenvalue weighted by Crippen LogP contribution is -2.47. The van der Waals surface area contributed by atoms with E-state index in [1.54, 1.807) is 15.9 Å². The van der Waals surface area contributed by atoms with Gasteiger partial charge in [-0.3, -0.25) is 14.2 Å². The number of carbonyl (C=O) groups is 1. The van der Waals surface area contributed by atoms with Gasteiger partial charge in [0.2, 0.25) is 5.91 Å². The lowest BCUT2D eigenvalue weighted by Gasteiger charge is -2.32. The maximum absolute atomic E-state index is 13.4. The number of nitrogens with zero attached hydrogens (tertiary/aromatic N) is 4. The molecule has 6 nitrogen and oxygen atoms in total. The van der Waals surface area contributed by atoms with E-state index in [2.05, 4.69) is 32.4 Å². The first-order valence-electron chi connectivity index (χ1n) is 10.1. The number of hydrogen-bond acceptors (Lipinski definition) is 6. The summed E-state index contributed by atoms with van der Waals surface area (Å²) in [5.41, 5.74) is 2.00. The topological polar surface area (TPSA) is 58.4 Å². The molecule has 3 rings (SSSR count). The predicted molar refractivity (Wildman–Crippen MR) is 122 cm³/mol. The standard InChI is InChI=1S/C21H30N4O2S2/c1-6-15-16(7-2)29-19-18(15)20(27)25(12-14(3)4)21(22-19)28-13-17(26)24-10-8-23(5)9-11-24/h3,6-13H2,1-2,4-5H3. The van der Waals surface area contributed by atoms with E-state index in [4.69, 9.17) is 4.98 Å². The number of amides is 1. The van der Waals surface area contributed by atoms with Crippen LogP contribution >= 0.6 is 23.1 Å². The van der Waals surface area contributed by atoms with Crippen molar-refractivity contribution in [2.24, 2.45) is 0 Å². The van der Waals surface area contributed by atoms with E-state index >= 15 is 0 Å². The van der Waals surface area contributed by atoms with Crippen LogP contribution in [0.15, 0.2) is 22.1 Å². The van der Waals surface area contributed by atoms with Crippen molar-refractivity contribution in [3.8, 4) is 0 Å². The fourth-order valence-corrected chi connectivity index (χ4v) is 5.76. The van der Waals surface area contributed by atoms with Crippen LogP contribution in [0.2, 0.25) is 0 Å². The Morgan fingerprint density at radius 2 is 1.90 bits per heavy atom. The average Bonchev–Trinajstić information content (AvgIpc) is 3.06. The summed E-state index contributed by atoms with van der Waals surface area (Å²) in [6, 6.07) is 0. The van der Waals surface area contributed by atoms with Crippen molar-refractivity contribution in [1.29, 1.82) is 0 Å². The summed E-state index contributed by atoms with van der Waals surface area (Å²) in [5, 5.41) is 1.35. The normalized spacial score (nSPS) is 15.2. The molecule has 1 saturated heterocycles. The van der Waals surface area contributed by atoms with Gasteiger partial charge in [0, 0.05) is 37.6 Å². The van der Waals surface area contributed by atoms with Crippen molar-refractivity contribution in [3.05, 3.63) is 32.9 Å². The van der Waals surface area contributed by atoms with Crippen molar-refractivity contribution in [2.75, 3.05) is 39.0 Å². The molecule has 0 aliphatic carbocycles. The molecule has 3 heterocycles. The maximum atomic E-state index is 13.4. The smallest absolute Gasteiger partial charge is 0.263 e. The lowest BCUT2D eigenvalue weighted by atomic mass is 10.1. The van der Waals surface area contributed by atoms with E-state index in [0.717, 1.165) is 60.4 Å². The van der Waals surface area contributed by atoms with Crippen molar-refractivity contribution < 1.29 is 4.79 Å². The Bertz CT molecular complexity index is 971. The van der Waals surface area contributed by atoms with Crippen LogP contribution < -0.4 is 5.56 Å². The van der Waals surface area contributed by atoms with Gasteiger partial charge in [-0.1, -0.05) is 37.8 Å². The number of aromatic nitrogens is 2. The number of hydrogen-bond donors (Lipinski definition) is 0. The van der Waals surface area contributed by atoms with Gasteiger partial charge < -0.3 is 9.80 Å². The van der Waals surface area contributed by atoms with E-state index in [-0.39, 0.29) is 11.5 Å². The van der Waals surface area contributed by atoms with E-state index in [1.807, 2.05) is 11.8 Å². The van der Waals surface area contributed by atoms with Crippen LogP contribution in [-0.2, 0) is 24.2 Å². The summed E-state index contributed by atoms with van der Waals surface area (Å²) in [4.78, 5) is 37.0. The quantitative estimate of drug-likeness (QED) is 0.381. The predicted octanol–water partition coefficient (Wildman–Crippen LogP) is 3.03. The number of carbonyl (C=O) groups excluding carboxylic acids is 1. The number of piperazine rings is 1. The van der Waals surface area contributed by atoms with Crippen LogP contribution in [0.1, 0.15) is 31.2 Å². The summed E-state index contributed by atoms with van der Waals surface area (Å²) in [7, 11) is 2.07. The van der Waals surface area contributed by atoms with Gasteiger partial charge in [0.25, 0.3) is 5.56 Å². The first-order chi connectivity index (χ1) is 13.8. The highest BCUT2D eigenvalue weighted by Gasteiger charge is 2.22. The molecule has 1 aliphatic heterocycles. The van der Waals surface area contributed by atoms with Gasteiger partial charge in [-0.05, 0) is 32.4 Å². The molecule has 1 fully saturated rings. The first-order valence-corrected chi connectivity index (χ1v) is 11.9. The van der Waals surface area contributed by atoms with Crippen molar-refractivity contribution >= 4 is 39.2 Å². The van der Waals surface area contributed by atoms with Crippen LogP contribution in [0.3, 0.4) is 0 Å². The summed E-state index contributed by atoms with van der Waals surface area (Å²) in [6.45, 7) is 13.8. The first kappa shape index (κ1) is 22.1. The second-order valence-electron chi connectivity index (χ2n) is 7.61. The van der Waals surface area contributed by atoms with Crippen molar-refractivity contribution in [1.82, 2.24) is 19.4 Å². The number of allylic oxidation sites excluding steroid dienone is 1. The van der Waals surface area contributed by atoms with Gasteiger partial charge in [-0.15, -0.1) is 11.3 Å². The van der Waals surface area contributed by atoms with Gasteiger partial charge in [0.15, 0.2) is 5.16 Å². The zero-order chi connectivity index (χ0) is 21.1. The Hall–Kier alpha value is -1.64. The van der Waals surface area contributed by atoms with E-state index in [0.29, 0.717) is 17.5 Å². The second-order valence-corrected chi connectivity index (χ2v) is 9.63. The minimum Gasteiger partial charge on any atom is -0.339 e. The molecular weight excluding hydrogens is 404 g/mol. The van der Waals surface area contributed by atoms with Gasteiger partial charge >= 0.3 is 0 Å². The van der Waals surface area contributed by atoms with Crippen LogP contribution in [-0.4, -0.2) is 64.2 Å². The minimum absolute atomic E-state index is 0.0136. The molecule has 0 aromatic carbocycles. The largest absolute Gasteiger partial charge is 0.339 e. The third kappa shape index (κ3) is 4.75. The number of thioether (sulfide) groups is 1. The summed E-state index contributed by atoms with van der Waals surface area (Å²) < 4.78 is 1.69. The molecule has 1 aliphatic rings. The highest BCUT2D eigenvalue weighted by atomic mass is 32.2. The molecule has 2 aromatic rings. The molecule has 0 unspecified atom stereocenters. The van der Waals surface area contributed by atoms with Crippen molar-refractivity contribution in [2.45, 2.75) is 45.3 Å². The molecular formula is C21H30N4O2S2. The Balaban J connectivity index is 1.92. The lowest BCUT2D eigenvalue weighted by molar-refractivity contribution is -0.129. The molecule has 0 bridgehead atoms. The molecule has 0 N–H and O–H groups in total. The SMILES string of the molecule is C=C(C)Cn1c(SCC(=O)N2CCN(C)CC2)nc2sc(CC)c(CC)c2c1=O. The van der Waals surface area contributed by atoms with Crippen molar-refractivity contribution in [3.63, 3.8) is 0 Å². The molecule has 8 heteroatoms. The third-order valence-electron chi connectivity index (χ3n) is 5.24. The maximum Gasteiger partial charge on any atom is 0.263 e. The Kier molecular flexibility index (Phi) is 7.19. The van der Waals surface area contributed by atoms with Crippen LogP contribution in [0, 0.1) is 0 Å². The zero-order valence-corrected chi connectivity index (χ0v) is 19.4. The minimum atomic E-state index is -0.0136. The highest BCUT2D eigenvalue weighted by molar-refractivity contribution is 7.99. The molecule has 0 radical (unpaired) electrons. The number of thiophene rings is 1. The molecule has 0 spiro atoms. The number of aryl methyl sites for hydroxylation is 2. The third-order valence-corrected chi connectivity index (χ3v) is 7.47. The van der Waals surface area contributed by atoms with E-state index in [1.165, 1.54) is 16.6 Å². The molecule has 0 atom stereocenters. The van der Waals surface area contributed by atoms with Crippen LogP contribution in [0.4, 0.5) is 0 Å². The molecule has 29 heavy (non-hydrogen) atoms. The van der Waals surface area contributed by atoms with Crippen LogP contribution in [0.25, 0.3) is 10.2 Å².